The van der Waals surface area contributed by atoms with Crippen molar-refractivity contribution in [3.05, 3.63) is 62.9 Å². The van der Waals surface area contributed by atoms with Crippen LogP contribution >= 0.6 is 0 Å². The highest BCUT2D eigenvalue weighted by Crippen LogP contribution is 2.38. The third-order valence-electron chi connectivity index (χ3n) is 12.1. The number of nitrogens with two attached hydrogens (primary N) is 1. The van der Waals surface area contributed by atoms with Gasteiger partial charge in [-0.15, -0.1) is 0 Å². The molecule has 17 nitrogen and oxygen atoms in total. The van der Waals surface area contributed by atoms with Crippen LogP contribution in [0.1, 0.15) is 61.8 Å². The normalized spacial score (nSPS) is 17.4. The maximum absolute atomic E-state index is 13.9. The number of likely N-dealkylation sites (tertiary alicyclic amines) is 1. The Balaban J connectivity index is 1.04. The number of esters is 2. The third kappa shape index (κ3) is 10.3. The predicted octanol–water partition coefficient (Wildman–Crippen LogP) is 0.673. The van der Waals surface area contributed by atoms with Crippen molar-refractivity contribution >= 4 is 40.6 Å². The summed E-state index contributed by atoms with van der Waals surface area (Å²) in [4.78, 5) is 93.1. The van der Waals surface area contributed by atoms with Gasteiger partial charge < -0.3 is 45.1 Å². The Morgan fingerprint density at radius 3 is 2.41 bits per heavy atom. The quantitative estimate of drug-likeness (QED) is 0.111. The predicted molar refractivity (Wildman–Crippen MR) is 229 cm³/mol. The van der Waals surface area contributed by atoms with Gasteiger partial charge in [-0.3, -0.25) is 28.9 Å². The fraction of sp³-hybridized carbons (Fsp3) is 0.568. The molecule has 0 spiro atoms. The van der Waals surface area contributed by atoms with Gasteiger partial charge in [-0.25, -0.2) is 9.78 Å². The van der Waals surface area contributed by atoms with Gasteiger partial charge in [0.25, 0.3) is 5.56 Å². The first-order chi connectivity index (χ1) is 29.2. The van der Waals surface area contributed by atoms with E-state index in [0.717, 1.165) is 54.6 Å². The number of amides is 3. The second-order valence-electron chi connectivity index (χ2n) is 16.8. The molecule has 0 aliphatic carbocycles. The minimum absolute atomic E-state index is 0.113. The lowest BCUT2D eigenvalue weighted by Gasteiger charge is -2.28. The molecule has 1 saturated heterocycles. The molecule has 1 fully saturated rings. The van der Waals surface area contributed by atoms with Crippen molar-refractivity contribution in [3.63, 3.8) is 0 Å². The van der Waals surface area contributed by atoms with Crippen LogP contribution in [0.3, 0.4) is 0 Å². The first-order valence-corrected chi connectivity index (χ1v) is 21.3. The SMILES string of the molecule is CCc1c2c(nc3ccccc13)-c1cc3c(c(=O)n1C2)COC(=O)C3COC(=O)[C@@H](NC(=O)[C@@H]1CCCN1C(=O)CNC(=O)CN(C)CCN(C)CCN(C)CCN)C(C)C. The minimum Gasteiger partial charge on any atom is -0.463 e. The van der Waals surface area contributed by atoms with Crippen LogP contribution < -0.4 is 21.9 Å². The number of ether oxygens (including phenoxy) is 2. The molecule has 5 heterocycles. The zero-order valence-corrected chi connectivity index (χ0v) is 36.3. The molecule has 17 heteroatoms. The summed E-state index contributed by atoms with van der Waals surface area (Å²) in [5.41, 5.74) is 10.3. The fourth-order valence-electron chi connectivity index (χ4n) is 8.43. The Hall–Kier alpha value is -5.23. The summed E-state index contributed by atoms with van der Waals surface area (Å²) in [6, 6.07) is 7.73. The van der Waals surface area contributed by atoms with Crippen molar-refractivity contribution in [1.29, 1.82) is 0 Å². The number of carbonyl (C=O) groups excluding carboxylic acids is 5. The van der Waals surface area contributed by atoms with E-state index >= 15 is 0 Å². The highest BCUT2D eigenvalue weighted by Gasteiger charge is 2.39. The average Bonchev–Trinajstić information content (AvgIpc) is 3.88. The molecule has 3 atom stereocenters. The Kier molecular flexibility index (Phi) is 14.9. The van der Waals surface area contributed by atoms with Crippen LogP contribution in [0.2, 0.25) is 0 Å². The number of likely N-dealkylation sites (N-methyl/N-ethyl adjacent to an activating group) is 3. The van der Waals surface area contributed by atoms with Crippen LogP contribution in [-0.2, 0) is 53.0 Å². The zero-order chi connectivity index (χ0) is 44.0. The molecule has 1 unspecified atom stereocenters. The largest absolute Gasteiger partial charge is 0.463 e. The van der Waals surface area contributed by atoms with Gasteiger partial charge in [0, 0.05) is 56.8 Å². The van der Waals surface area contributed by atoms with E-state index in [2.05, 4.69) is 27.4 Å². The Morgan fingerprint density at radius 2 is 1.70 bits per heavy atom. The maximum Gasteiger partial charge on any atom is 0.328 e. The van der Waals surface area contributed by atoms with Crippen molar-refractivity contribution in [2.45, 2.75) is 71.2 Å². The van der Waals surface area contributed by atoms with E-state index in [1.165, 1.54) is 4.90 Å². The van der Waals surface area contributed by atoms with E-state index < -0.39 is 54.3 Å². The number of benzene rings is 1. The van der Waals surface area contributed by atoms with E-state index in [0.29, 0.717) is 61.5 Å². The third-order valence-corrected chi connectivity index (χ3v) is 12.1. The van der Waals surface area contributed by atoms with Crippen molar-refractivity contribution in [2.24, 2.45) is 11.7 Å². The number of carbonyl (C=O) groups is 5. The number of rotatable bonds is 19. The molecule has 2 aromatic heterocycles. The van der Waals surface area contributed by atoms with Gasteiger partial charge in [-0.1, -0.05) is 39.0 Å². The van der Waals surface area contributed by atoms with Crippen LogP contribution in [0.4, 0.5) is 0 Å². The molecular formula is C44H61N9O8. The van der Waals surface area contributed by atoms with Crippen LogP contribution in [-0.4, -0.2) is 158 Å². The molecule has 4 N–H and O–H groups in total. The number of nitrogens with one attached hydrogen (secondary N) is 2. The molecule has 0 bridgehead atoms. The number of para-hydroxylation sites is 1. The maximum atomic E-state index is 13.9. The number of hydrogen-bond donors (Lipinski definition) is 3. The molecule has 1 aromatic carbocycles. The van der Waals surface area contributed by atoms with Crippen molar-refractivity contribution < 1.29 is 33.4 Å². The highest BCUT2D eigenvalue weighted by molar-refractivity contribution is 5.93. The Labute approximate surface area is 356 Å². The van der Waals surface area contributed by atoms with Crippen LogP contribution in [0.25, 0.3) is 22.3 Å². The minimum atomic E-state index is -1.09. The summed E-state index contributed by atoms with van der Waals surface area (Å²) in [5, 5.41) is 6.51. The lowest BCUT2D eigenvalue weighted by atomic mass is 9.92. The van der Waals surface area contributed by atoms with Gasteiger partial charge in [-0.2, -0.15) is 0 Å². The molecular weight excluding hydrogens is 783 g/mol. The molecule has 3 aliphatic rings. The number of pyridine rings is 2. The Morgan fingerprint density at radius 1 is 1.00 bits per heavy atom. The standard InChI is InChI=1S/C44H61N9O8/c1-7-28-29-11-8-9-12-34(29)47-40-31(28)23-53-36(40)21-30-32(42(53)57)25-60-43(58)33(30)26-61-44(59)39(27(2)3)48-41(56)35-13-10-15-52(35)38(55)22-46-37(54)24-51(6)20-19-50(5)18-17-49(4)16-14-45/h8-9,11-12,21,27,33,35,39H,7,10,13-20,22-26,45H2,1-6H3,(H,46,54)(H,48,56)/t33?,35-,39-/m0/s1. The summed E-state index contributed by atoms with van der Waals surface area (Å²) in [6.45, 7) is 10.2. The molecule has 0 radical (unpaired) electrons. The molecule has 6 rings (SSSR count). The van der Waals surface area contributed by atoms with Crippen LogP contribution in [0.15, 0.2) is 35.1 Å². The van der Waals surface area contributed by atoms with E-state index in [-0.39, 0.29) is 31.2 Å². The topological polar surface area (TPSA) is 202 Å². The summed E-state index contributed by atoms with van der Waals surface area (Å²) < 4.78 is 12.8. The molecule has 3 aliphatic heterocycles. The Bertz CT molecular complexity index is 2190. The second-order valence-corrected chi connectivity index (χ2v) is 16.8. The monoisotopic (exact) mass is 843 g/mol. The van der Waals surface area contributed by atoms with E-state index in [1.807, 2.05) is 50.3 Å². The summed E-state index contributed by atoms with van der Waals surface area (Å²) in [5.74, 6) is -4.07. The van der Waals surface area contributed by atoms with Crippen molar-refractivity contribution in [3.8, 4) is 11.4 Å². The second kappa shape index (κ2) is 20.1. The van der Waals surface area contributed by atoms with Gasteiger partial charge in [0.2, 0.25) is 17.7 Å². The first kappa shape index (κ1) is 45.3. The van der Waals surface area contributed by atoms with Gasteiger partial charge in [-0.05, 0) is 69.6 Å². The van der Waals surface area contributed by atoms with Crippen LogP contribution in [0.5, 0.6) is 0 Å². The molecule has 330 valence electrons. The molecule has 3 aromatic rings. The van der Waals surface area contributed by atoms with E-state index in [1.54, 1.807) is 24.5 Å². The van der Waals surface area contributed by atoms with Crippen LogP contribution in [0, 0.1) is 5.92 Å². The molecule has 0 saturated carbocycles. The number of hydrogen-bond acceptors (Lipinski definition) is 13. The lowest BCUT2D eigenvalue weighted by Crippen LogP contribution is -2.54. The number of aryl methyl sites for hydroxylation is 1. The lowest BCUT2D eigenvalue weighted by molar-refractivity contribution is -0.156. The highest BCUT2D eigenvalue weighted by atomic mass is 16.6. The van der Waals surface area contributed by atoms with Crippen molar-refractivity contribution in [1.82, 2.24) is 39.8 Å². The smallest absolute Gasteiger partial charge is 0.328 e. The number of cyclic esters (lactones) is 1. The first-order valence-electron chi connectivity index (χ1n) is 21.3. The number of fused-ring (bicyclic) bond motifs is 5. The van der Waals surface area contributed by atoms with Gasteiger partial charge in [0.05, 0.1) is 42.1 Å². The fourth-order valence-corrected chi connectivity index (χ4v) is 8.43. The van der Waals surface area contributed by atoms with E-state index in [9.17, 15) is 28.8 Å². The zero-order valence-electron chi connectivity index (χ0n) is 36.3. The van der Waals surface area contributed by atoms with Gasteiger partial charge in [0.1, 0.15) is 31.2 Å². The summed E-state index contributed by atoms with van der Waals surface area (Å²) >= 11 is 0. The van der Waals surface area contributed by atoms with Crippen molar-refractivity contribution in [2.75, 3.05) is 86.7 Å². The molecule has 61 heavy (non-hydrogen) atoms. The number of aromatic nitrogens is 2. The summed E-state index contributed by atoms with van der Waals surface area (Å²) in [7, 11) is 5.91. The number of nitrogens with zero attached hydrogens (tertiary/aromatic N) is 6. The average molecular weight is 844 g/mol. The van der Waals surface area contributed by atoms with E-state index in [4.69, 9.17) is 20.2 Å². The van der Waals surface area contributed by atoms with Gasteiger partial charge in [0.15, 0.2) is 0 Å². The molecule has 3 amide bonds. The summed E-state index contributed by atoms with van der Waals surface area (Å²) in [6.07, 6.45) is 1.72. The van der Waals surface area contributed by atoms with Gasteiger partial charge >= 0.3 is 11.9 Å².